The van der Waals surface area contributed by atoms with Gasteiger partial charge < -0.3 is 30.5 Å². The van der Waals surface area contributed by atoms with Gasteiger partial charge in [-0.25, -0.2) is 8.78 Å². The highest BCUT2D eigenvalue weighted by Crippen LogP contribution is 2.41. The molecule has 0 radical (unpaired) electrons. The Hall–Kier alpha value is -4.16. The molecule has 4 N–H and O–H groups in total. The number of aromatic hydroxyl groups is 1. The monoisotopic (exact) mass is 639 g/mol. The standard InChI is InChI=1S/C33H35F2N3O6S/c1-18-21(10-7-11-26(18)39)30(41)37-25(14-19-8-5-4-6-9-19)27(40)32(43)38-17-45-33(2,3)29(38)31(42)36-24-12-13-44-28-22(24)15-20(34)16-23(28)35/h4-11,15-16,24-25,27,29,39-40H,12-14,17H2,1-3H3,(H,36,42)(H,37,41). The van der Waals surface area contributed by atoms with E-state index in [-0.39, 0.29) is 48.0 Å². The number of ether oxygens (including phenoxy) is 1. The van der Waals surface area contributed by atoms with Crippen LogP contribution in [-0.4, -0.2) is 68.3 Å². The van der Waals surface area contributed by atoms with Crippen LogP contribution in [-0.2, 0) is 16.0 Å². The number of thioether (sulfide) groups is 1. The van der Waals surface area contributed by atoms with Crippen LogP contribution in [0, 0.1) is 18.6 Å². The van der Waals surface area contributed by atoms with Gasteiger partial charge in [0, 0.05) is 33.9 Å². The minimum Gasteiger partial charge on any atom is -0.508 e. The number of phenols is 1. The van der Waals surface area contributed by atoms with Crippen molar-refractivity contribution in [3.63, 3.8) is 0 Å². The van der Waals surface area contributed by atoms with Crippen molar-refractivity contribution in [3.05, 3.63) is 94.6 Å². The van der Waals surface area contributed by atoms with E-state index in [9.17, 15) is 33.4 Å². The summed E-state index contributed by atoms with van der Waals surface area (Å²) in [5.74, 6) is -3.67. The van der Waals surface area contributed by atoms with Crippen molar-refractivity contribution in [3.8, 4) is 11.5 Å². The zero-order valence-electron chi connectivity index (χ0n) is 25.1. The fourth-order valence-electron chi connectivity index (χ4n) is 5.81. The fraction of sp³-hybridized carbons (Fsp3) is 0.364. The van der Waals surface area contributed by atoms with Crippen LogP contribution in [0.5, 0.6) is 11.5 Å². The van der Waals surface area contributed by atoms with Gasteiger partial charge in [-0.3, -0.25) is 14.4 Å². The number of aliphatic hydroxyl groups is 1. The SMILES string of the molecule is Cc1c(O)cccc1C(=O)NC(Cc1ccccc1)C(O)C(=O)N1CSC(C)(C)C1C(=O)NC1CCOc2c(F)cc(F)cc21. The highest BCUT2D eigenvalue weighted by molar-refractivity contribution is 8.00. The number of nitrogens with zero attached hydrogens (tertiary/aromatic N) is 1. The van der Waals surface area contributed by atoms with Crippen molar-refractivity contribution in [2.45, 2.75) is 62.6 Å². The number of aliphatic hydroxyl groups excluding tert-OH is 1. The Morgan fingerprint density at radius 3 is 2.58 bits per heavy atom. The maximum absolute atomic E-state index is 14.4. The third kappa shape index (κ3) is 6.76. The first-order chi connectivity index (χ1) is 21.4. The van der Waals surface area contributed by atoms with E-state index >= 15 is 0 Å². The van der Waals surface area contributed by atoms with Gasteiger partial charge >= 0.3 is 0 Å². The summed E-state index contributed by atoms with van der Waals surface area (Å²) in [4.78, 5) is 42.4. The van der Waals surface area contributed by atoms with E-state index in [0.29, 0.717) is 11.6 Å². The van der Waals surface area contributed by atoms with Gasteiger partial charge in [-0.2, -0.15) is 0 Å². The zero-order chi connectivity index (χ0) is 32.5. The molecular weight excluding hydrogens is 604 g/mol. The molecule has 3 amide bonds. The second-order valence-corrected chi connectivity index (χ2v) is 13.4. The van der Waals surface area contributed by atoms with Crippen molar-refractivity contribution in [2.24, 2.45) is 0 Å². The van der Waals surface area contributed by atoms with Crippen molar-refractivity contribution < 1.29 is 38.1 Å². The number of nitrogens with one attached hydrogen (secondary N) is 2. The van der Waals surface area contributed by atoms with E-state index in [1.165, 1.54) is 34.9 Å². The van der Waals surface area contributed by atoms with Gasteiger partial charge in [-0.05, 0) is 51.0 Å². The molecule has 5 rings (SSSR count). The number of carbonyl (C=O) groups excluding carboxylic acids is 3. The molecule has 238 valence electrons. The number of rotatable bonds is 8. The summed E-state index contributed by atoms with van der Waals surface area (Å²) in [6.07, 6.45) is -1.37. The van der Waals surface area contributed by atoms with E-state index in [0.717, 1.165) is 11.6 Å². The van der Waals surface area contributed by atoms with E-state index in [1.54, 1.807) is 45.0 Å². The van der Waals surface area contributed by atoms with Crippen LogP contribution in [0.1, 0.15) is 53.4 Å². The van der Waals surface area contributed by atoms with Crippen molar-refractivity contribution in [1.29, 1.82) is 0 Å². The molecule has 2 aliphatic heterocycles. The topological polar surface area (TPSA) is 128 Å². The molecule has 3 aromatic carbocycles. The molecule has 2 heterocycles. The highest BCUT2D eigenvalue weighted by atomic mass is 32.2. The van der Waals surface area contributed by atoms with E-state index in [2.05, 4.69) is 10.6 Å². The summed E-state index contributed by atoms with van der Waals surface area (Å²) in [5, 5.41) is 27.2. The third-order valence-corrected chi connectivity index (χ3v) is 9.63. The normalized spacial score (nSPS) is 20.0. The fourth-order valence-corrected chi connectivity index (χ4v) is 6.95. The maximum atomic E-state index is 14.4. The number of phenolic OH excluding ortho intramolecular Hbond substituents is 1. The predicted molar refractivity (Wildman–Crippen MR) is 165 cm³/mol. The number of hydrogen-bond donors (Lipinski definition) is 4. The lowest BCUT2D eigenvalue weighted by Gasteiger charge is -2.35. The van der Waals surface area contributed by atoms with E-state index in [1.807, 2.05) is 6.07 Å². The Bertz CT molecular complexity index is 1600. The Balaban J connectivity index is 1.39. The number of carbonyl (C=O) groups is 3. The van der Waals surface area contributed by atoms with E-state index in [4.69, 9.17) is 4.74 Å². The average Bonchev–Trinajstić information content (AvgIpc) is 3.33. The van der Waals surface area contributed by atoms with Crippen molar-refractivity contribution >= 4 is 29.5 Å². The van der Waals surface area contributed by atoms with Gasteiger partial charge in [0.1, 0.15) is 17.6 Å². The summed E-state index contributed by atoms with van der Waals surface area (Å²) in [7, 11) is 0. The molecule has 9 nitrogen and oxygen atoms in total. The summed E-state index contributed by atoms with van der Waals surface area (Å²) in [5.41, 5.74) is 1.46. The molecule has 0 spiro atoms. The quantitative estimate of drug-likeness (QED) is 0.294. The minimum atomic E-state index is -1.73. The smallest absolute Gasteiger partial charge is 0.254 e. The second kappa shape index (κ2) is 13.1. The summed E-state index contributed by atoms with van der Waals surface area (Å²) in [6, 6.07) is 12.5. The lowest BCUT2D eigenvalue weighted by atomic mass is 9.95. The van der Waals surface area contributed by atoms with Crippen LogP contribution in [0.25, 0.3) is 0 Å². The number of benzene rings is 3. The maximum Gasteiger partial charge on any atom is 0.254 e. The first-order valence-corrected chi connectivity index (χ1v) is 15.5. The largest absolute Gasteiger partial charge is 0.508 e. The molecule has 1 saturated heterocycles. The molecule has 4 unspecified atom stereocenters. The summed E-state index contributed by atoms with van der Waals surface area (Å²) < 4.78 is 33.1. The molecular formula is C33H35F2N3O6S. The van der Waals surface area contributed by atoms with Crippen LogP contribution >= 0.6 is 11.8 Å². The summed E-state index contributed by atoms with van der Waals surface area (Å²) >= 11 is 1.35. The molecule has 0 aliphatic carbocycles. The first-order valence-electron chi connectivity index (χ1n) is 14.6. The summed E-state index contributed by atoms with van der Waals surface area (Å²) in [6.45, 7) is 5.29. The molecule has 3 aromatic rings. The van der Waals surface area contributed by atoms with Crippen molar-refractivity contribution in [2.75, 3.05) is 12.5 Å². The molecule has 1 fully saturated rings. The van der Waals surface area contributed by atoms with Gasteiger partial charge in [0.25, 0.3) is 11.8 Å². The van der Waals surface area contributed by atoms with Crippen LogP contribution in [0.15, 0.2) is 60.7 Å². The predicted octanol–water partition coefficient (Wildman–Crippen LogP) is 4.00. The van der Waals surface area contributed by atoms with Gasteiger partial charge in [0.2, 0.25) is 5.91 Å². The first kappa shape index (κ1) is 32.2. The average molecular weight is 640 g/mol. The lowest BCUT2D eigenvalue weighted by Crippen LogP contribution is -2.59. The number of fused-ring (bicyclic) bond motifs is 1. The molecule has 4 atom stereocenters. The number of amides is 3. The molecule has 12 heteroatoms. The van der Waals surface area contributed by atoms with Gasteiger partial charge in [0.05, 0.1) is 24.6 Å². The Morgan fingerprint density at radius 1 is 1.11 bits per heavy atom. The number of halogens is 2. The highest BCUT2D eigenvalue weighted by Gasteiger charge is 2.50. The number of hydrogen-bond acceptors (Lipinski definition) is 7. The minimum absolute atomic E-state index is 0.0679. The van der Waals surface area contributed by atoms with Crippen LogP contribution in [0.3, 0.4) is 0 Å². The van der Waals surface area contributed by atoms with Crippen molar-refractivity contribution in [1.82, 2.24) is 15.5 Å². The van der Waals surface area contributed by atoms with Crippen LogP contribution < -0.4 is 15.4 Å². The molecule has 0 aromatic heterocycles. The lowest BCUT2D eigenvalue weighted by molar-refractivity contribution is -0.147. The molecule has 0 saturated carbocycles. The Morgan fingerprint density at radius 2 is 1.84 bits per heavy atom. The van der Waals surface area contributed by atoms with E-state index < -0.39 is 58.3 Å². The molecule has 45 heavy (non-hydrogen) atoms. The third-order valence-electron chi connectivity index (χ3n) is 8.26. The molecule has 2 aliphatic rings. The Labute approximate surface area is 264 Å². The second-order valence-electron chi connectivity index (χ2n) is 11.8. The van der Waals surface area contributed by atoms with Gasteiger partial charge in [-0.1, -0.05) is 36.4 Å². The van der Waals surface area contributed by atoms with Crippen LogP contribution in [0.2, 0.25) is 0 Å². The van der Waals surface area contributed by atoms with Crippen LogP contribution in [0.4, 0.5) is 8.78 Å². The zero-order valence-corrected chi connectivity index (χ0v) is 25.9. The molecule has 0 bridgehead atoms. The van der Waals surface area contributed by atoms with Gasteiger partial charge in [-0.15, -0.1) is 11.8 Å². The van der Waals surface area contributed by atoms with Gasteiger partial charge in [0.15, 0.2) is 17.7 Å². The Kier molecular flexibility index (Phi) is 9.36.